The summed E-state index contributed by atoms with van der Waals surface area (Å²) in [5, 5.41) is 0. The van der Waals surface area contributed by atoms with Crippen LogP contribution in [0.1, 0.15) is 19.3 Å². The van der Waals surface area contributed by atoms with Gasteiger partial charge in [0.2, 0.25) is 0 Å². The molecule has 0 aromatic heterocycles. The van der Waals surface area contributed by atoms with Crippen molar-refractivity contribution in [3.05, 3.63) is 12.3 Å². The Kier molecular flexibility index (Phi) is 5.03. The smallest absolute Gasteiger partial charge is 0.0780 e. The van der Waals surface area contributed by atoms with Gasteiger partial charge >= 0.3 is 0 Å². The number of nitrogens with two attached hydrogens (primary N) is 2. The van der Waals surface area contributed by atoms with Crippen LogP contribution in [0.15, 0.2) is 12.3 Å². The molecule has 0 radical (unpaired) electrons. The van der Waals surface area contributed by atoms with Gasteiger partial charge in [-0.25, -0.2) is 0 Å². The van der Waals surface area contributed by atoms with E-state index in [0.29, 0.717) is 5.70 Å². The molecule has 3 nitrogen and oxygen atoms in total. The Morgan fingerprint density at radius 3 is 2.23 bits per heavy atom. The molecule has 0 saturated heterocycles. The zero-order valence-corrected chi connectivity index (χ0v) is 9.21. The summed E-state index contributed by atoms with van der Waals surface area (Å²) in [6, 6.07) is -0.0209. The van der Waals surface area contributed by atoms with E-state index in [9.17, 15) is 0 Å². The summed E-state index contributed by atoms with van der Waals surface area (Å²) in [5.41, 5.74) is 11.8. The highest BCUT2D eigenvalue weighted by Crippen LogP contribution is 2.04. The maximum Gasteiger partial charge on any atom is 0.0780 e. The first-order valence-electron chi connectivity index (χ1n) is 4.83. The van der Waals surface area contributed by atoms with Gasteiger partial charge in [0.05, 0.1) is 27.7 Å². The Labute approximate surface area is 82.0 Å². The molecule has 0 aromatic rings. The molecule has 0 aliphatic rings. The summed E-state index contributed by atoms with van der Waals surface area (Å²) in [6.07, 6.45) is 3.28. The Morgan fingerprint density at radius 1 is 1.31 bits per heavy atom. The first kappa shape index (κ1) is 12.5. The molecule has 0 unspecified atom stereocenters. The number of hydrogen-bond donors (Lipinski definition) is 2. The predicted octanol–water partition coefficient (Wildman–Crippen LogP) is 0.663. The van der Waals surface area contributed by atoms with Crippen LogP contribution in [0.5, 0.6) is 0 Å². The summed E-state index contributed by atoms with van der Waals surface area (Å²) in [7, 11) is 6.59. The highest BCUT2D eigenvalue weighted by Gasteiger charge is 2.07. The van der Waals surface area contributed by atoms with Crippen LogP contribution in [0.25, 0.3) is 0 Å². The molecule has 1 atom stereocenters. The van der Waals surface area contributed by atoms with Gasteiger partial charge in [0.15, 0.2) is 0 Å². The monoisotopic (exact) mass is 186 g/mol. The molecule has 0 rings (SSSR count). The zero-order chi connectivity index (χ0) is 10.5. The van der Waals surface area contributed by atoms with E-state index in [4.69, 9.17) is 11.5 Å². The van der Waals surface area contributed by atoms with Crippen molar-refractivity contribution in [2.75, 3.05) is 27.7 Å². The third-order valence-corrected chi connectivity index (χ3v) is 2.07. The van der Waals surface area contributed by atoms with Gasteiger partial charge in [-0.1, -0.05) is 6.58 Å². The molecule has 0 aliphatic carbocycles. The number of hydrogen-bond acceptors (Lipinski definition) is 2. The van der Waals surface area contributed by atoms with E-state index in [1.54, 1.807) is 0 Å². The molecule has 3 heteroatoms. The predicted molar refractivity (Wildman–Crippen MR) is 58.1 cm³/mol. The second-order valence-corrected chi connectivity index (χ2v) is 4.69. The van der Waals surface area contributed by atoms with E-state index >= 15 is 0 Å². The summed E-state index contributed by atoms with van der Waals surface area (Å²) >= 11 is 0. The molecule has 78 valence electrons. The zero-order valence-electron chi connectivity index (χ0n) is 9.21. The highest BCUT2D eigenvalue weighted by atomic mass is 15.3. The van der Waals surface area contributed by atoms with Gasteiger partial charge in [-0.15, -0.1) is 0 Å². The molecule has 0 fully saturated rings. The molecular formula is C10H24N3+. The van der Waals surface area contributed by atoms with Crippen molar-refractivity contribution in [1.29, 1.82) is 0 Å². The highest BCUT2D eigenvalue weighted by molar-refractivity contribution is 4.97. The number of rotatable bonds is 6. The Hall–Kier alpha value is -0.540. The summed E-state index contributed by atoms with van der Waals surface area (Å²) in [4.78, 5) is 0. The van der Waals surface area contributed by atoms with E-state index < -0.39 is 0 Å². The second kappa shape index (κ2) is 5.25. The normalized spacial score (nSPS) is 14.2. The van der Waals surface area contributed by atoms with Gasteiger partial charge in [0.1, 0.15) is 0 Å². The lowest BCUT2D eigenvalue weighted by Crippen LogP contribution is -2.35. The Bertz CT molecular complexity index is 158. The molecule has 13 heavy (non-hydrogen) atoms. The third kappa shape index (κ3) is 7.81. The van der Waals surface area contributed by atoms with Crippen molar-refractivity contribution >= 4 is 0 Å². The van der Waals surface area contributed by atoms with Crippen LogP contribution in [0.2, 0.25) is 0 Å². The molecule has 0 aliphatic heterocycles. The third-order valence-electron chi connectivity index (χ3n) is 2.07. The van der Waals surface area contributed by atoms with Crippen molar-refractivity contribution < 1.29 is 4.48 Å². The SMILES string of the molecule is C=C(N)[C@@H](N)CCCC[N+](C)(C)C. The molecule has 0 heterocycles. The van der Waals surface area contributed by atoms with E-state index in [0.717, 1.165) is 17.3 Å². The fourth-order valence-electron chi connectivity index (χ4n) is 1.14. The number of quaternary nitrogens is 1. The minimum atomic E-state index is -0.0209. The Balaban J connectivity index is 3.41. The largest absolute Gasteiger partial charge is 0.401 e. The van der Waals surface area contributed by atoms with Crippen LogP contribution in [0, 0.1) is 0 Å². The molecule has 0 aromatic carbocycles. The van der Waals surface area contributed by atoms with Gasteiger partial charge < -0.3 is 16.0 Å². The van der Waals surface area contributed by atoms with Crippen LogP contribution in [-0.4, -0.2) is 38.2 Å². The van der Waals surface area contributed by atoms with E-state index in [2.05, 4.69) is 27.7 Å². The molecular weight excluding hydrogens is 162 g/mol. The number of unbranched alkanes of at least 4 members (excludes halogenated alkanes) is 1. The van der Waals surface area contributed by atoms with Crippen LogP contribution in [-0.2, 0) is 0 Å². The Morgan fingerprint density at radius 2 is 1.85 bits per heavy atom. The standard InChI is InChI=1S/C10H24N3/c1-9(11)10(12)7-5-6-8-13(2,3)4/h10H,1,5-8,11-12H2,2-4H3/q+1/t10-/m0/s1. The molecule has 0 bridgehead atoms. The van der Waals surface area contributed by atoms with Gasteiger partial charge in [-0.3, -0.25) is 0 Å². The van der Waals surface area contributed by atoms with Gasteiger partial charge in [-0.05, 0) is 19.3 Å². The van der Waals surface area contributed by atoms with Crippen LogP contribution >= 0.6 is 0 Å². The average Bonchev–Trinajstić information content (AvgIpc) is 1.95. The fourth-order valence-corrected chi connectivity index (χ4v) is 1.14. The minimum Gasteiger partial charge on any atom is -0.401 e. The minimum absolute atomic E-state index is 0.0209. The van der Waals surface area contributed by atoms with Crippen LogP contribution in [0.3, 0.4) is 0 Å². The van der Waals surface area contributed by atoms with E-state index in [-0.39, 0.29) is 6.04 Å². The lowest BCUT2D eigenvalue weighted by molar-refractivity contribution is -0.870. The fraction of sp³-hybridized carbons (Fsp3) is 0.800. The lowest BCUT2D eigenvalue weighted by Gasteiger charge is -2.24. The van der Waals surface area contributed by atoms with Crippen LogP contribution < -0.4 is 11.5 Å². The molecule has 0 spiro atoms. The summed E-state index contributed by atoms with van der Waals surface area (Å²) in [5.74, 6) is 0. The number of nitrogens with zero attached hydrogens (tertiary/aromatic N) is 1. The van der Waals surface area contributed by atoms with Crippen molar-refractivity contribution in [3.63, 3.8) is 0 Å². The second-order valence-electron chi connectivity index (χ2n) is 4.69. The van der Waals surface area contributed by atoms with Crippen molar-refractivity contribution in [2.45, 2.75) is 25.3 Å². The summed E-state index contributed by atoms with van der Waals surface area (Å²) < 4.78 is 1.01. The first-order chi connectivity index (χ1) is 5.83. The topological polar surface area (TPSA) is 52.0 Å². The van der Waals surface area contributed by atoms with E-state index in [1.807, 2.05) is 0 Å². The van der Waals surface area contributed by atoms with Crippen molar-refractivity contribution in [2.24, 2.45) is 11.5 Å². The maximum absolute atomic E-state index is 5.74. The maximum atomic E-state index is 5.74. The van der Waals surface area contributed by atoms with E-state index in [1.165, 1.54) is 13.0 Å². The van der Waals surface area contributed by atoms with Crippen molar-refractivity contribution in [1.82, 2.24) is 0 Å². The average molecular weight is 186 g/mol. The lowest BCUT2D eigenvalue weighted by atomic mass is 10.1. The molecule has 0 amide bonds. The first-order valence-corrected chi connectivity index (χ1v) is 4.83. The quantitative estimate of drug-likeness (QED) is 0.473. The summed E-state index contributed by atoms with van der Waals surface area (Å²) in [6.45, 7) is 4.82. The van der Waals surface area contributed by atoms with Gasteiger partial charge in [0, 0.05) is 11.7 Å². The van der Waals surface area contributed by atoms with Crippen LogP contribution in [0.4, 0.5) is 0 Å². The molecule has 0 saturated carbocycles. The van der Waals surface area contributed by atoms with Gasteiger partial charge in [0.25, 0.3) is 0 Å². The van der Waals surface area contributed by atoms with Gasteiger partial charge in [-0.2, -0.15) is 0 Å². The molecule has 4 N–H and O–H groups in total. The van der Waals surface area contributed by atoms with Crippen molar-refractivity contribution in [3.8, 4) is 0 Å².